The zero-order valence-corrected chi connectivity index (χ0v) is 18.1. The molecule has 8 heteroatoms. The highest BCUT2D eigenvalue weighted by atomic mass is 19.3. The fraction of sp³-hybridized carbons (Fsp3) is 0.292. The molecule has 1 heterocycles. The highest BCUT2D eigenvalue weighted by Gasteiger charge is 2.22. The predicted molar refractivity (Wildman–Crippen MR) is 117 cm³/mol. The van der Waals surface area contributed by atoms with Gasteiger partial charge in [0.25, 0.3) is 0 Å². The van der Waals surface area contributed by atoms with Gasteiger partial charge in [0.05, 0.1) is 26.9 Å². The van der Waals surface area contributed by atoms with Crippen LogP contribution in [0.4, 0.5) is 8.78 Å². The average Bonchev–Trinajstić information content (AvgIpc) is 2.82. The van der Waals surface area contributed by atoms with Gasteiger partial charge in [-0.1, -0.05) is 24.3 Å². The number of halogens is 2. The van der Waals surface area contributed by atoms with E-state index in [1.54, 1.807) is 56.6 Å². The highest BCUT2D eigenvalue weighted by molar-refractivity contribution is 5.93. The Morgan fingerprint density at radius 2 is 1.72 bits per heavy atom. The van der Waals surface area contributed by atoms with Crippen LogP contribution in [-0.4, -0.2) is 51.8 Å². The molecule has 0 aliphatic carbocycles. The largest absolute Gasteiger partial charge is 0.496 e. The van der Waals surface area contributed by atoms with Crippen molar-refractivity contribution in [1.29, 1.82) is 0 Å². The molecule has 0 spiro atoms. The number of para-hydroxylation sites is 1. The Bertz CT molecular complexity index is 994. The number of carbonyl (C=O) groups is 1. The topological polar surface area (TPSA) is 57.2 Å². The van der Waals surface area contributed by atoms with Crippen molar-refractivity contribution in [2.75, 3.05) is 34.4 Å². The molecule has 0 unspecified atom stereocenters. The van der Waals surface area contributed by atoms with Crippen molar-refractivity contribution in [3.05, 3.63) is 59.7 Å². The Kier molecular flexibility index (Phi) is 7.70. The number of alkyl halides is 2. The van der Waals surface area contributed by atoms with Gasteiger partial charge >= 0.3 is 6.61 Å². The molecule has 2 aromatic rings. The Hall–Kier alpha value is -3.55. The molecule has 0 bridgehead atoms. The van der Waals surface area contributed by atoms with Gasteiger partial charge in [0.15, 0.2) is 0 Å². The third-order valence-corrected chi connectivity index (χ3v) is 5.10. The van der Waals surface area contributed by atoms with Gasteiger partial charge in [-0.05, 0) is 24.1 Å². The van der Waals surface area contributed by atoms with Gasteiger partial charge in [0.1, 0.15) is 23.0 Å². The van der Waals surface area contributed by atoms with Crippen LogP contribution in [-0.2, 0) is 4.79 Å². The molecule has 1 aliphatic rings. The van der Waals surface area contributed by atoms with Gasteiger partial charge in [-0.3, -0.25) is 4.79 Å². The fourth-order valence-corrected chi connectivity index (χ4v) is 3.51. The minimum Gasteiger partial charge on any atom is -0.496 e. The maximum Gasteiger partial charge on any atom is 0.387 e. The summed E-state index contributed by atoms with van der Waals surface area (Å²) in [7, 11) is 4.73. The molecular weight excluding hydrogens is 420 g/mol. The van der Waals surface area contributed by atoms with E-state index in [0.717, 1.165) is 11.1 Å². The minimum absolute atomic E-state index is 0.0195. The predicted octanol–water partition coefficient (Wildman–Crippen LogP) is 4.64. The van der Waals surface area contributed by atoms with Crippen LogP contribution in [0.15, 0.2) is 48.6 Å². The van der Waals surface area contributed by atoms with Gasteiger partial charge in [0, 0.05) is 36.9 Å². The first-order valence-corrected chi connectivity index (χ1v) is 9.97. The number of benzene rings is 2. The van der Waals surface area contributed by atoms with E-state index in [2.05, 4.69) is 4.74 Å². The molecule has 0 aromatic heterocycles. The van der Waals surface area contributed by atoms with E-state index in [-0.39, 0.29) is 11.7 Å². The lowest BCUT2D eigenvalue weighted by molar-refractivity contribution is -0.125. The summed E-state index contributed by atoms with van der Waals surface area (Å²) >= 11 is 0. The van der Waals surface area contributed by atoms with Crippen molar-refractivity contribution in [3.8, 4) is 23.0 Å². The summed E-state index contributed by atoms with van der Waals surface area (Å²) in [6, 6.07) is 9.90. The second-order valence-electron chi connectivity index (χ2n) is 6.92. The molecule has 32 heavy (non-hydrogen) atoms. The van der Waals surface area contributed by atoms with Crippen LogP contribution in [0.2, 0.25) is 0 Å². The molecule has 1 aliphatic heterocycles. The zero-order valence-electron chi connectivity index (χ0n) is 18.1. The average molecular weight is 445 g/mol. The molecule has 0 atom stereocenters. The van der Waals surface area contributed by atoms with E-state index in [1.807, 2.05) is 6.08 Å². The van der Waals surface area contributed by atoms with E-state index in [9.17, 15) is 13.6 Å². The standard InChI is InChI=1S/C24H25F2NO5/c1-29-18-14-20(30-2)23(21(15-18)31-3)17-10-12-27(13-11-17)22(28)9-8-16-6-4-5-7-19(16)32-24(25)26/h4-10,14-15,24H,11-13H2,1-3H3/b9-8+. The Balaban J connectivity index is 1.75. The molecule has 170 valence electrons. The summed E-state index contributed by atoms with van der Waals surface area (Å²) in [4.78, 5) is 14.3. The first kappa shape index (κ1) is 23.1. The van der Waals surface area contributed by atoms with Gasteiger partial charge < -0.3 is 23.8 Å². The number of hydrogen-bond acceptors (Lipinski definition) is 5. The quantitative estimate of drug-likeness (QED) is 0.554. The smallest absolute Gasteiger partial charge is 0.387 e. The molecule has 0 radical (unpaired) electrons. The summed E-state index contributed by atoms with van der Waals surface area (Å²) in [6.45, 7) is -2.05. The van der Waals surface area contributed by atoms with E-state index in [0.29, 0.717) is 42.3 Å². The molecule has 3 rings (SSSR count). The van der Waals surface area contributed by atoms with E-state index < -0.39 is 6.61 Å². The number of methoxy groups -OCH3 is 3. The second-order valence-corrected chi connectivity index (χ2v) is 6.92. The van der Waals surface area contributed by atoms with Gasteiger partial charge in [0.2, 0.25) is 5.91 Å². The minimum atomic E-state index is -2.93. The van der Waals surface area contributed by atoms with E-state index in [1.165, 1.54) is 18.2 Å². The summed E-state index contributed by atoms with van der Waals surface area (Å²) in [5.41, 5.74) is 2.24. The lowest BCUT2D eigenvalue weighted by Gasteiger charge is -2.27. The maximum atomic E-state index is 12.6. The third-order valence-electron chi connectivity index (χ3n) is 5.10. The molecule has 0 N–H and O–H groups in total. The van der Waals surface area contributed by atoms with Crippen LogP contribution >= 0.6 is 0 Å². The molecule has 0 fully saturated rings. The maximum absolute atomic E-state index is 12.6. The zero-order chi connectivity index (χ0) is 23.1. The molecule has 1 amide bonds. The SMILES string of the molecule is COc1cc(OC)c(C2=CCN(C(=O)/C=C/c3ccccc3OC(F)F)CC2)c(OC)c1. The summed E-state index contributed by atoms with van der Waals surface area (Å²) in [5, 5.41) is 0. The number of rotatable bonds is 8. The van der Waals surface area contributed by atoms with Crippen molar-refractivity contribution in [2.45, 2.75) is 13.0 Å². The normalized spacial score (nSPS) is 13.8. The molecular formula is C24H25F2NO5. The number of amides is 1. The monoisotopic (exact) mass is 445 g/mol. The Labute approximate surface area is 185 Å². The summed E-state index contributed by atoms with van der Waals surface area (Å²) < 4.78 is 46.0. The van der Waals surface area contributed by atoms with Crippen LogP contribution in [0.25, 0.3) is 11.6 Å². The van der Waals surface area contributed by atoms with Crippen LogP contribution in [0, 0.1) is 0 Å². The molecule has 0 saturated heterocycles. The molecule has 6 nitrogen and oxygen atoms in total. The summed E-state index contributed by atoms with van der Waals surface area (Å²) in [6.07, 6.45) is 5.40. The van der Waals surface area contributed by atoms with Gasteiger partial charge in [-0.25, -0.2) is 0 Å². The van der Waals surface area contributed by atoms with Gasteiger partial charge in [-0.15, -0.1) is 0 Å². The number of carbonyl (C=O) groups excluding carboxylic acids is 1. The van der Waals surface area contributed by atoms with Crippen molar-refractivity contribution < 1.29 is 32.5 Å². The number of ether oxygens (including phenoxy) is 4. The fourth-order valence-electron chi connectivity index (χ4n) is 3.51. The third kappa shape index (κ3) is 5.38. The van der Waals surface area contributed by atoms with Crippen molar-refractivity contribution in [1.82, 2.24) is 4.90 Å². The Morgan fingerprint density at radius 3 is 2.28 bits per heavy atom. The lowest BCUT2D eigenvalue weighted by Crippen LogP contribution is -2.33. The van der Waals surface area contributed by atoms with Crippen LogP contribution < -0.4 is 18.9 Å². The summed E-state index contributed by atoms with van der Waals surface area (Å²) in [5.74, 6) is 1.68. The van der Waals surface area contributed by atoms with Crippen molar-refractivity contribution in [2.24, 2.45) is 0 Å². The first-order valence-electron chi connectivity index (χ1n) is 9.97. The van der Waals surface area contributed by atoms with Crippen LogP contribution in [0.5, 0.6) is 23.0 Å². The van der Waals surface area contributed by atoms with Crippen molar-refractivity contribution >= 4 is 17.6 Å². The van der Waals surface area contributed by atoms with Crippen LogP contribution in [0.1, 0.15) is 17.5 Å². The number of hydrogen-bond donors (Lipinski definition) is 0. The molecule has 0 saturated carbocycles. The Morgan fingerprint density at radius 1 is 1.03 bits per heavy atom. The van der Waals surface area contributed by atoms with E-state index >= 15 is 0 Å². The second kappa shape index (κ2) is 10.7. The van der Waals surface area contributed by atoms with Gasteiger partial charge in [-0.2, -0.15) is 8.78 Å². The number of nitrogens with zero attached hydrogens (tertiary/aromatic N) is 1. The first-order chi connectivity index (χ1) is 15.5. The van der Waals surface area contributed by atoms with Crippen LogP contribution in [0.3, 0.4) is 0 Å². The lowest BCUT2D eigenvalue weighted by atomic mass is 9.97. The van der Waals surface area contributed by atoms with E-state index in [4.69, 9.17) is 14.2 Å². The molecule has 2 aromatic carbocycles. The highest BCUT2D eigenvalue weighted by Crippen LogP contribution is 2.40. The van der Waals surface area contributed by atoms with Crippen molar-refractivity contribution in [3.63, 3.8) is 0 Å².